The van der Waals surface area contributed by atoms with E-state index in [0.29, 0.717) is 0 Å². The summed E-state index contributed by atoms with van der Waals surface area (Å²) in [5.41, 5.74) is 5.41. The Morgan fingerprint density at radius 3 is 2.25 bits per heavy atom. The summed E-state index contributed by atoms with van der Waals surface area (Å²) in [5, 5.41) is 0. The van der Waals surface area contributed by atoms with Gasteiger partial charge in [0.25, 0.3) is 0 Å². The maximum Gasteiger partial charge on any atom is 0.122 e. The zero-order valence-corrected chi connectivity index (χ0v) is 11.3. The monoisotopic (exact) mass is 221 g/mol. The van der Waals surface area contributed by atoms with E-state index in [4.69, 9.17) is 4.74 Å². The van der Waals surface area contributed by atoms with Gasteiger partial charge < -0.3 is 9.64 Å². The quantitative estimate of drug-likeness (QED) is 0.775. The predicted octanol–water partition coefficient (Wildman–Crippen LogP) is 2.72. The molecule has 0 aliphatic carbocycles. The van der Waals surface area contributed by atoms with Crippen molar-refractivity contribution in [1.29, 1.82) is 0 Å². The number of aryl methyl sites for hydroxylation is 1. The van der Waals surface area contributed by atoms with Gasteiger partial charge in [-0.1, -0.05) is 0 Å². The number of ether oxygens (including phenoxy) is 1. The third-order valence-corrected chi connectivity index (χ3v) is 3.28. The molecule has 0 aromatic heterocycles. The normalized spacial score (nSPS) is 10.9. The van der Waals surface area contributed by atoms with Crippen LogP contribution in [0.2, 0.25) is 0 Å². The fourth-order valence-electron chi connectivity index (χ4n) is 1.93. The SMILES string of the molecule is COc1cc(C)c(C)c(C)c1CCN(C)C. The molecule has 1 aromatic carbocycles. The fraction of sp³-hybridized carbons (Fsp3) is 0.571. The average molecular weight is 221 g/mol. The Labute approximate surface area is 99.2 Å². The van der Waals surface area contributed by atoms with Crippen molar-refractivity contribution in [1.82, 2.24) is 4.90 Å². The Balaban J connectivity index is 3.09. The standard InChI is InChI=1S/C14H23NO/c1-10-9-14(16-6)13(7-8-15(4)5)12(3)11(10)2/h9H,7-8H2,1-6H3. The third-order valence-electron chi connectivity index (χ3n) is 3.28. The van der Waals surface area contributed by atoms with E-state index in [0.717, 1.165) is 18.7 Å². The van der Waals surface area contributed by atoms with Crippen LogP contribution in [0.1, 0.15) is 22.3 Å². The van der Waals surface area contributed by atoms with Gasteiger partial charge in [0, 0.05) is 6.54 Å². The second-order valence-corrected chi connectivity index (χ2v) is 4.68. The van der Waals surface area contributed by atoms with Gasteiger partial charge >= 0.3 is 0 Å². The molecule has 0 heterocycles. The van der Waals surface area contributed by atoms with Gasteiger partial charge in [0.2, 0.25) is 0 Å². The zero-order chi connectivity index (χ0) is 12.3. The lowest BCUT2D eigenvalue weighted by molar-refractivity contribution is 0.391. The first-order chi connectivity index (χ1) is 7.47. The van der Waals surface area contributed by atoms with Crippen molar-refractivity contribution >= 4 is 0 Å². The van der Waals surface area contributed by atoms with Gasteiger partial charge in [0.1, 0.15) is 5.75 Å². The lowest BCUT2D eigenvalue weighted by Crippen LogP contribution is -2.16. The van der Waals surface area contributed by atoms with Crippen LogP contribution in [0.3, 0.4) is 0 Å². The maximum absolute atomic E-state index is 5.48. The van der Waals surface area contributed by atoms with Crippen LogP contribution in [0.15, 0.2) is 6.07 Å². The first-order valence-electron chi connectivity index (χ1n) is 5.75. The molecule has 0 radical (unpaired) electrons. The molecule has 0 atom stereocenters. The highest BCUT2D eigenvalue weighted by atomic mass is 16.5. The summed E-state index contributed by atoms with van der Waals surface area (Å²) < 4.78 is 5.48. The molecule has 0 saturated carbocycles. The fourth-order valence-corrected chi connectivity index (χ4v) is 1.93. The van der Waals surface area contributed by atoms with Crippen LogP contribution in [-0.2, 0) is 6.42 Å². The molecule has 0 amide bonds. The summed E-state index contributed by atoms with van der Waals surface area (Å²) in [6.07, 6.45) is 1.04. The van der Waals surface area contributed by atoms with Crippen LogP contribution in [-0.4, -0.2) is 32.6 Å². The molecule has 0 unspecified atom stereocenters. The van der Waals surface area contributed by atoms with E-state index in [-0.39, 0.29) is 0 Å². The summed E-state index contributed by atoms with van der Waals surface area (Å²) in [4.78, 5) is 2.20. The molecule has 1 aromatic rings. The Kier molecular flexibility index (Phi) is 4.36. The Bertz CT molecular complexity index is 369. The number of benzene rings is 1. The molecule has 0 spiro atoms. The van der Waals surface area contributed by atoms with Gasteiger partial charge in [-0.25, -0.2) is 0 Å². The molecule has 0 fully saturated rings. The van der Waals surface area contributed by atoms with Gasteiger partial charge in [-0.3, -0.25) is 0 Å². The largest absolute Gasteiger partial charge is 0.496 e. The summed E-state index contributed by atoms with van der Waals surface area (Å²) in [7, 11) is 5.95. The number of methoxy groups -OCH3 is 1. The van der Waals surface area contributed by atoms with Gasteiger partial charge in [-0.15, -0.1) is 0 Å². The maximum atomic E-state index is 5.48. The zero-order valence-electron chi connectivity index (χ0n) is 11.3. The first kappa shape index (κ1) is 13.0. The van der Waals surface area contributed by atoms with Crippen molar-refractivity contribution in [3.63, 3.8) is 0 Å². The van der Waals surface area contributed by atoms with Gasteiger partial charge in [0.05, 0.1) is 7.11 Å². The van der Waals surface area contributed by atoms with Crippen molar-refractivity contribution in [2.75, 3.05) is 27.7 Å². The first-order valence-corrected chi connectivity index (χ1v) is 5.75. The highest BCUT2D eigenvalue weighted by Crippen LogP contribution is 2.28. The molecule has 1 rings (SSSR count). The topological polar surface area (TPSA) is 12.5 Å². The highest BCUT2D eigenvalue weighted by molar-refractivity contribution is 5.48. The highest BCUT2D eigenvalue weighted by Gasteiger charge is 2.11. The molecule has 0 aliphatic heterocycles. The van der Waals surface area contributed by atoms with Gasteiger partial charge in [0.15, 0.2) is 0 Å². The molecule has 16 heavy (non-hydrogen) atoms. The van der Waals surface area contributed by atoms with Crippen LogP contribution < -0.4 is 4.74 Å². The average Bonchev–Trinajstić information content (AvgIpc) is 2.23. The van der Waals surface area contributed by atoms with Crippen LogP contribution in [0.5, 0.6) is 5.75 Å². The van der Waals surface area contributed by atoms with Crippen molar-refractivity contribution < 1.29 is 4.74 Å². The minimum Gasteiger partial charge on any atom is -0.496 e. The van der Waals surface area contributed by atoms with Crippen molar-refractivity contribution in [3.05, 3.63) is 28.3 Å². The van der Waals surface area contributed by atoms with Crippen LogP contribution in [0, 0.1) is 20.8 Å². The van der Waals surface area contributed by atoms with Crippen molar-refractivity contribution in [3.8, 4) is 5.75 Å². The van der Waals surface area contributed by atoms with Crippen molar-refractivity contribution in [2.24, 2.45) is 0 Å². The van der Waals surface area contributed by atoms with E-state index < -0.39 is 0 Å². The molecular weight excluding hydrogens is 198 g/mol. The number of hydrogen-bond acceptors (Lipinski definition) is 2. The van der Waals surface area contributed by atoms with Crippen molar-refractivity contribution in [2.45, 2.75) is 27.2 Å². The summed E-state index contributed by atoms with van der Waals surface area (Å²) in [6.45, 7) is 7.57. The van der Waals surface area contributed by atoms with Crippen LogP contribution >= 0.6 is 0 Å². The van der Waals surface area contributed by atoms with Crippen LogP contribution in [0.25, 0.3) is 0 Å². The molecule has 90 valence electrons. The summed E-state index contributed by atoms with van der Waals surface area (Å²) >= 11 is 0. The molecule has 2 heteroatoms. The molecule has 2 nitrogen and oxygen atoms in total. The Hall–Kier alpha value is -1.02. The van der Waals surface area contributed by atoms with E-state index in [1.807, 2.05) is 0 Å². The number of nitrogens with zero attached hydrogens (tertiary/aromatic N) is 1. The summed E-state index contributed by atoms with van der Waals surface area (Å²) in [6, 6.07) is 2.15. The molecular formula is C14H23NO. The Morgan fingerprint density at radius 2 is 1.75 bits per heavy atom. The van der Waals surface area contributed by atoms with Crippen LogP contribution in [0.4, 0.5) is 0 Å². The second-order valence-electron chi connectivity index (χ2n) is 4.68. The van der Waals surface area contributed by atoms with E-state index in [1.165, 1.54) is 22.3 Å². The number of rotatable bonds is 4. The van der Waals surface area contributed by atoms with Gasteiger partial charge in [-0.05, 0) is 69.6 Å². The third kappa shape index (κ3) is 2.76. The van der Waals surface area contributed by atoms with E-state index in [2.05, 4.69) is 45.8 Å². The summed E-state index contributed by atoms with van der Waals surface area (Å²) in [5.74, 6) is 1.03. The lowest BCUT2D eigenvalue weighted by Gasteiger charge is -2.18. The molecule has 0 saturated heterocycles. The Morgan fingerprint density at radius 1 is 1.12 bits per heavy atom. The second kappa shape index (κ2) is 5.35. The molecule has 0 aliphatic rings. The smallest absolute Gasteiger partial charge is 0.122 e. The number of hydrogen-bond donors (Lipinski definition) is 0. The van der Waals surface area contributed by atoms with E-state index >= 15 is 0 Å². The van der Waals surface area contributed by atoms with E-state index in [9.17, 15) is 0 Å². The molecule has 0 bridgehead atoms. The predicted molar refractivity (Wildman–Crippen MR) is 69.5 cm³/mol. The minimum atomic E-state index is 1.03. The lowest BCUT2D eigenvalue weighted by atomic mass is 9.95. The van der Waals surface area contributed by atoms with E-state index in [1.54, 1.807) is 7.11 Å². The minimum absolute atomic E-state index is 1.03. The number of likely N-dealkylation sites (N-methyl/N-ethyl adjacent to an activating group) is 1. The van der Waals surface area contributed by atoms with Gasteiger partial charge in [-0.2, -0.15) is 0 Å². The molecule has 0 N–H and O–H groups in total.